The van der Waals surface area contributed by atoms with E-state index in [-0.39, 0.29) is 6.42 Å². The van der Waals surface area contributed by atoms with Gasteiger partial charge in [-0.1, -0.05) is 223 Å². The number of esters is 3. The maximum atomic E-state index is 14.8. The van der Waals surface area contributed by atoms with Gasteiger partial charge in [-0.15, -0.1) is 0 Å². The van der Waals surface area contributed by atoms with Gasteiger partial charge >= 0.3 is 17.9 Å². The van der Waals surface area contributed by atoms with E-state index in [1.807, 2.05) is 41.5 Å². The van der Waals surface area contributed by atoms with Crippen molar-refractivity contribution in [2.24, 2.45) is 5.92 Å². The molecule has 0 radical (unpaired) electrons. The highest BCUT2D eigenvalue weighted by Crippen LogP contribution is 2.38. The quantitative estimate of drug-likeness (QED) is 0.0278. The monoisotopic (exact) mass is 921 g/mol. The summed E-state index contributed by atoms with van der Waals surface area (Å²) in [5.74, 6) is -5.49. The zero-order valence-corrected chi connectivity index (χ0v) is 44.8. The van der Waals surface area contributed by atoms with E-state index in [1.54, 1.807) is 6.92 Å². The normalized spacial score (nSPS) is 13.6. The molecule has 0 rings (SSSR count). The van der Waals surface area contributed by atoms with Gasteiger partial charge in [0.25, 0.3) is 0 Å². The second kappa shape index (κ2) is 38.0. The second-order valence-corrected chi connectivity index (χ2v) is 20.0. The highest BCUT2D eigenvalue weighted by molar-refractivity contribution is 6.06. The fourth-order valence-electron chi connectivity index (χ4n) is 9.81. The lowest BCUT2D eigenvalue weighted by Gasteiger charge is -2.40. The van der Waals surface area contributed by atoms with Crippen LogP contribution in [-0.4, -0.2) is 51.2 Å². The smallest absolute Gasteiger partial charge is 0.340 e. The second-order valence-electron chi connectivity index (χ2n) is 20.0. The number of aliphatic hydroxyl groups is 1. The van der Waals surface area contributed by atoms with Crippen molar-refractivity contribution >= 4 is 23.7 Å². The van der Waals surface area contributed by atoms with Gasteiger partial charge in [-0.05, 0) is 77.0 Å². The largest absolute Gasteiger partial charge is 0.459 e. The fraction of sp³-hybridized carbons (Fsp3) is 0.930. The Labute approximate surface area is 402 Å². The van der Waals surface area contributed by atoms with Crippen LogP contribution in [0.3, 0.4) is 0 Å². The van der Waals surface area contributed by atoms with Crippen LogP contribution in [0.1, 0.15) is 313 Å². The van der Waals surface area contributed by atoms with Gasteiger partial charge in [0.1, 0.15) is 22.6 Å². The van der Waals surface area contributed by atoms with Gasteiger partial charge in [-0.2, -0.15) is 0 Å². The fourth-order valence-corrected chi connectivity index (χ4v) is 9.81. The average Bonchev–Trinajstić information content (AvgIpc) is 3.31. The molecular weight excluding hydrogens is 813 g/mol. The molecule has 2 atom stereocenters. The summed E-state index contributed by atoms with van der Waals surface area (Å²) in [7, 11) is 0. The van der Waals surface area contributed by atoms with E-state index in [2.05, 4.69) is 20.8 Å². The number of Topliss-reactive ketones (excluding diaryl/α,β-unsaturated/α-hetero) is 1. The van der Waals surface area contributed by atoms with E-state index in [1.165, 1.54) is 116 Å². The van der Waals surface area contributed by atoms with E-state index in [0.717, 1.165) is 57.8 Å². The molecule has 8 nitrogen and oxygen atoms in total. The molecule has 0 saturated heterocycles. The molecule has 0 aliphatic rings. The van der Waals surface area contributed by atoms with Gasteiger partial charge < -0.3 is 19.3 Å². The van der Waals surface area contributed by atoms with Crippen LogP contribution < -0.4 is 0 Å². The van der Waals surface area contributed by atoms with Crippen molar-refractivity contribution in [3.05, 3.63) is 0 Å². The molecule has 0 amide bonds. The van der Waals surface area contributed by atoms with Crippen molar-refractivity contribution in [2.75, 3.05) is 0 Å². The number of hydrogen-bond acceptors (Lipinski definition) is 8. The third-order valence-electron chi connectivity index (χ3n) is 15.2. The predicted molar refractivity (Wildman–Crippen MR) is 272 cm³/mol. The molecule has 0 spiro atoms. The van der Waals surface area contributed by atoms with E-state index in [0.29, 0.717) is 57.8 Å². The van der Waals surface area contributed by atoms with Crippen LogP contribution in [0.2, 0.25) is 0 Å². The number of rotatable bonds is 46. The first-order valence-corrected chi connectivity index (χ1v) is 28.2. The molecule has 0 saturated carbocycles. The van der Waals surface area contributed by atoms with E-state index in [4.69, 9.17) is 14.2 Å². The highest BCUT2D eigenvalue weighted by Gasteiger charge is 2.57. The topological polar surface area (TPSA) is 116 Å². The first-order chi connectivity index (χ1) is 31.3. The summed E-state index contributed by atoms with van der Waals surface area (Å²) in [6.07, 6.45) is 35.4. The Bertz CT molecular complexity index is 1200. The third-order valence-corrected chi connectivity index (χ3v) is 15.2. The van der Waals surface area contributed by atoms with Gasteiger partial charge in [0.05, 0.1) is 6.42 Å². The maximum absolute atomic E-state index is 14.8. The molecule has 8 heteroatoms. The molecule has 0 aromatic carbocycles. The summed E-state index contributed by atoms with van der Waals surface area (Å²) in [6.45, 7) is 20.2. The Morgan fingerprint density at radius 3 is 0.954 bits per heavy atom. The van der Waals surface area contributed by atoms with Crippen molar-refractivity contribution in [2.45, 2.75) is 336 Å². The molecule has 0 heterocycles. The number of ketones is 1. The zero-order chi connectivity index (χ0) is 48.9. The van der Waals surface area contributed by atoms with Gasteiger partial charge in [0, 0.05) is 6.42 Å². The Morgan fingerprint density at radius 1 is 0.385 bits per heavy atom. The molecule has 0 fully saturated rings. The van der Waals surface area contributed by atoms with E-state index >= 15 is 0 Å². The molecule has 0 bridgehead atoms. The first kappa shape index (κ1) is 63.0. The number of hydrogen-bond donors (Lipinski definition) is 1. The Hall–Kier alpha value is -1.96. The molecule has 0 aromatic rings. The van der Waals surface area contributed by atoms with Crippen LogP contribution in [0.15, 0.2) is 0 Å². The summed E-state index contributed by atoms with van der Waals surface area (Å²) >= 11 is 0. The lowest BCUT2D eigenvalue weighted by atomic mass is 9.79. The van der Waals surface area contributed by atoms with Crippen LogP contribution in [0, 0.1) is 5.92 Å². The van der Waals surface area contributed by atoms with Crippen molar-refractivity contribution in [1.82, 2.24) is 0 Å². The van der Waals surface area contributed by atoms with Crippen LogP contribution >= 0.6 is 0 Å². The number of carbonyl (C=O) groups is 4. The maximum Gasteiger partial charge on any atom is 0.340 e. The first-order valence-electron chi connectivity index (χ1n) is 28.2. The minimum Gasteiger partial charge on any atom is -0.459 e. The van der Waals surface area contributed by atoms with Crippen molar-refractivity contribution in [3.8, 4) is 0 Å². The standard InChI is InChI=1S/C57H108O8/c1-11-21-24-27-30-33-36-39-42-45-54(15-5,16-6)63-50(59)48-57(62,53(61)65-56(19-9,20-10)47-44-41-38-35-32-29-26-23-13-3)51(49(58)14-4)52(60)64-55(17-7,18-8)46-43-40-37-34-31-28-25-22-12-2/h51,62H,11-48H2,1-10H3. The van der Waals surface area contributed by atoms with Gasteiger partial charge in [0.2, 0.25) is 0 Å². The van der Waals surface area contributed by atoms with Crippen LogP contribution in [0.4, 0.5) is 0 Å². The lowest BCUT2D eigenvalue weighted by molar-refractivity contribution is -0.205. The molecule has 2 unspecified atom stereocenters. The van der Waals surface area contributed by atoms with Crippen LogP contribution in [0.5, 0.6) is 0 Å². The predicted octanol–water partition coefficient (Wildman–Crippen LogP) is 16.8. The minimum absolute atomic E-state index is 0.133. The lowest BCUT2D eigenvalue weighted by Crippen LogP contribution is -2.58. The molecule has 1 N–H and O–H groups in total. The third kappa shape index (κ3) is 25.3. The Kier molecular flexibility index (Phi) is 36.8. The molecule has 384 valence electrons. The summed E-state index contributed by atoms with van der Waals surface area (Å²) in [4.78, 5) is 57.9. The molecule has 0 aliphatic heterocycles. The van der Waals surface area contributed by atoms with Crippen molar-refractivity contribution < 1.29 is 38.5 Å². The van der Waals surface area contributed by atoms with Gasteiger partial charge in [-0.25, -0.2) is 4.79 Å². The SMILES string of the molecule is CCCCCCCCCCCC(CC)(CC)OC(=O)CC(O)(C(=O)OC(CC)(CC)CCCCCCCCCCC)C(C(=O)CC)C(=O)OC(CC)(CC)CCCCCCCCCCC. The summed E-state index contributed by atoms with van der Waals surface area (Å²) in [5.41, 5.74) is -5.42. The Morgan fingerprint density at radius 2 is 0.662 bits per heavy atom. The molecule has 65 heavy (non-hydrogen) atoms. The van der Waals surface area contributed by atoms with Crippen molar-refractivity contribution in [1.29, 1.82) is 0 Å². The van der Waals surface area contributed by atoms with Gasteiger partial charge in [0.15, 0.2) is 11.5 Å². The Balaban J connectivity index is 6.57. The summed E-state index contributed by atoms with van der Waals surface area (Å²) in [6, 6.07) is 0. The van der Waals surface area contributed by atoms with E-state index in [9.17, 15) is 24.3 Å². The number of ether oxygens (including phenoxy) is 3. The van der Waals surface area contributed by atoms with Crippen LogP contribution in [0.25, 0.3) is 0 Å². The van der Waals surface area contributed by atoms with Gasteiger partial charge in [-0.3, -0.25) is 14.4 Å². The molecule has 0 aliphatic carbocycles. The minimum atomic E-state index is -2.81. The molecular formula is C57H108O8. The molecule has 0 aromatic heterocycles. The van der Waals surface area contributed by atoms with E-state index < -0.39 is 58.4 Å². The highest BCUT2D eigenvalue weighted by atomic mass is 16.6. The summed E-state index contributed by atoms with van der Waals surface area (Å²) in [5, 5.41) is 12.9. The van der Waals surface area contributed by atoms with Crippen molar-refractivity contribution in [3.63, 3.8) is 0 Å². The summed E-state index contributed by atoms with van der Waals surface area (Å²) < 4.78 is 19.0. The van der Waals surface area contributed by atoms with Crippen LogP contribution in [-0.2, 0) is 33.4 Å². The number of unbranched alkanes of at least 4 members (excludes halogenated alkanes) is 24. The average molecular weight is 921 g/mol. The number of carbonyl (C=O) groups excluding carboxylic acids is 4. The zero-order valence-electron chi connectivity index (χ0n) is 44.8.